The van der Waals surface area contributed by atoms with Gasteiger partial charge in [0.05, 0.1) is 0 Å². The van der Waals surface area contributed by atoms with Gasteiger partial charge in [-0.25, -0.2) is 9.78 Å². The van der Waals surface area contributed by atoms with Gasteiger partial charge in [-0.05, 0) is 31.9 Å². The van der Waals surface area contributed by atoms with Crippen molar-refractivity contribution in [1.82, 2.24) is 9.88 Å². The second-order valence-corrected chi connectivity index (χ2v) is 4.50. The first-order valence-corrected chi connectivity index (χ1v) is 6.25. The van der Waals surface area contributed by atoms with E-state index in [1.165, 1.54) is 12.8 Å². The number of carbonyl (C=O) groups excluding carboxylic acids is 1. The van der Waals surface area contributed by atoms with Gasteiger partial charge in [-0.15, -0.1) is 0 Å². The molecule has 1 fully saturated rings. The number of hydrogen-bond acceptors (Lipinski definition) is 2. The standard InChI is InChI=1S/C13H19N3O/c1-11-7-6-8-12(14-11)15-13(17)16-9-4-2-3-5-10-16/h6-8H,2-5,9-10H2,1H3,(H,14,15,17). The molecule has 2 heterocycles. The number of aromatic nitrogens is 1. The molecule has 0 spiro atoms. The lowest BCUT2D eigenvalue weighted by Gasteiger charge is -2.20. The van der Waals surface area contributed by atoms with Crippen LogP contribution in [0.15, 0.2) is 18.2 Å². The van der Waals surface area contributed by atoms with Crippen LogP contribution in [0.4, 0.5) is 10.6 Å². The largest absolute Gasteiger partial charge is 0.325 e. The molecule has 17 heavy (non-hydrogen) atoms. The lowest BCUT2D eigenvalue weighted by atomic mass is 10.2. The lowest BCUT2D eigenvalue weighted by molar-refractivity contribution is 0.213. The topological polar surface area (TPSA) is 45.2 Å². The Kier molecular flexibility index (Phi) is 3.96. The van der Waals surface area contributed by atoms with E-state index in [4.69, 9.17) is 0 Å². The van der Waals surface area contributed by atoms with Crippen LogP contribution in [-0.4, -0.2) is 29.0 Å². The predicted octanol–water partition coefficient (Wildman–Crippen LogP) is 2.80. The van der Waals surface area contributed by atoms with Crippen molar-refractivity contribution in [2.45, 2.75) is 32.6 Å². The molecular formula is C13H19N3O. The first-order chi connectivity index (χ1) is 8.25. The number of pyridine rings is 1. The van der Waals surface area contributed by atoms with Gasteiger partial charge in [0, 0.05) is 18.8 Å². The lowest BCUT2D eigenvalue weighted by Crippen LogP contribution is -2.35. The number of hydrogen-bond donors (Lipinski definition) is 1. The molecule has 2 amide bonds. The van der Waals surface area contributed by atoms with Gasteiger partial charge in [0.2, 0.25) is 0 Å². The van der Waals surface area contributed by atoms with Crippen molar-refractivity contribution >= 4 is 11.8 Å². The number of nitrogens with one attached hydrogen (secondary N) is 1. The first kappa shape index (κ1) is 11.9. The Bertz CT molecular complexity index is 384. The average molecular weight is 233 g/mol. The van der Waals surface area contributed by atoms with Gasteiger partial charge in [-0.3, -0.25) is 5.32 Å². The Morgan fingerprint density at radius 1 is 1.24 bits per heavy atom. The molecular weight excluding hydrogens is 214 g/mol. The summed E-state index contributed by atoms with van der Waals surface area (Å²) in [5, 5.41) is 2.86. The van der Waals surface area contributed by atoms with Crippen molar-refractivity contribution in [2.24, 2.45) is 0 Å². The van der Waals surface area contributed by atoms with E-state index in [2.05, 4.69) is 10.3 Å². The van der Waals surface area contributed by atoms with Crippen molar-refractivity contribution in [3.05, 3.63) is 23.9 Å². The summed E-state index contributed by atoms with van der Waals surface area (Å²) < 4.78 is 0. The molecule has 1 saturated heterocycles. The highest BCUT2D eigenvalue weighted by atomic mass is 16.2. The Balaban J connectivity index is 1.95. The summed E-state index contributed by atoms with van der Waals surface area (Å²) in [5.41, 5.74) is 0.915. The van der Waals surface area contributed by atoms with Gasteiger partial charge in [0.1, 0.15) is 5.82 Å². The molecule has 1 aromatic heterocycles. The van der Waals surface area contributed by atoms with Crippen LogP contribution in [0.1, 0.15) is 31.4 Å². The van der Waals surface area contributed by atoms with Crippen LogP contribution < -0.4 is 5.32 Å². The highest BCUT2D eigenvalue weighted by molar-refractivity contribution is 5.88. The minimum Gasteiger partial charge on any atom is -0.325 e. The normalized spacial score (nSPS) is 16.4. The third-order valence-corrected chi connectivity index (χ3v) is 3.02. The van der Waals surface area contributed by atoms with Gasteiger partial charge < -0.3 is 4.90 Å². The fraction of sp³-hybridized carbons (Fsp3) is 0.538. The summed E-state index contributed by atoms with van der Waals surface area (Å²) in [4.78, 5) is 18.2. The SMILES string of the molecule is Cc1cccc(NC(=O)N2CCCCCC2)n1. The molecule has 4 heteroatoms. The van der Waals surface area contributed by atoms with Crippen molar-refractivity contribution in [3.8, 4) is 0 Å². The van der Waals surface area contributed by atoms with Crippen LogP contribution in [-0.2, 0) is 0 Å². The minimum absolute atomic E-state index is 0.0231. The summed E-state index contributed by atoms with van der Waals surface area (Å²) in [7, 11) is 0. The molecule has 2 rings (SSSR count). The Hall–Kier alpha value is -1.58. The summed E-state index contributed by atoms with van der Waals surface area (Å²) in [6, 6.07) is 5.62. The molecule has 4 nitrogen and oxygen atoms in total. The maximum absolute atomic E-state index is 12.0. The number of aryl methyl sites for hydroxylation is 1. The molecule has 0 atom stereocenters. The number of likely N-dealkylation sites (tertiary alicyclic amines) is 1. The molecule has 1 aliphatic rings. The summed E-state index contributed by atoms with van der Waals surface area (Å²) >= 11 is 0. The predicted molar refractivity (Wildman–Crippen MR) is 68.0 cm³/mol. The quantitative estimate of drug-likeness (QED) is 0.810. The van der Waals surface area contributed by atoms with Crippen LogP contribution in [0.2, 0.25) is 0 Å². The molecule has 0 saturated carbocycles. The summed E-state index contributed by atoms with van der Waals surface area (Å²) in [5.74, 6) is 0.638. The third kappa shape index (κ3) is 3.44. The van der Waals surface area contributed by atoms with Crippen LogP contribution in [0.25, 0.3) is 0 Å². The summed E-state index contributed by atoms with van der Waals surface area (Å²) in [6.07, 6.45) is 4.67. The van der Waals surface area contributed by atoms with Gasteiger partial charge in [0.25, 0.3) is 0 Å². The monoisotopic (exact) mass is 233 g/mol. The van der Waals surface area contributed by atoms with Crippen LogP contribution in [0.3, 0.4) is 0 Å². The zero-order valence-corrected chi connectivity index (χ0v) is 10.3. The maximum atomic E-state index is 12.0. The zero-order chi connectivity index (χ0) is 12.1. The van der Waals surface area contributed by atoms with Gasteiger partial charge in [-0.2, -0.15) is 0 Å². The highest BCUT2D eigenvalue weighted by Gasteiger charge is 2.15. The number of anilines is 1. The molecule has 0 aliphatic carbocycles. The Morgan fingerprint density at radius 2 is 1.94 bits per heavy atom. The number of carbonyl (C=O) groups is 1. The average Bonchev–Trinajstić information content (AvgIpc) is 2.57. The third-order valence-electron chi connectivity index (χ3n) is 3.02. The smallest absolute Gasteiger partial charge is 0.323 e. The molecule has 1 aliphatic heterocycles. The van der Waals surface area contributed by atoms with E-state index in [9.17, 15) is 4.79 Å². The molecule has 0 radical (unpaired) electrons. The highest BCUT2D eigenvalue weighted by Crippen LogP contribution is 2.11. The fourth-order valence-corrected chi connectivity index (χ4v) is 2.08. The van der Waals surface area contributed by atoms with E-state index in [0.29, 0.717) is 5.82 Å². The molecule has 0 unspecified atom stereocenters. The number of amides is 2. The van der Waals surface area contributed by atoms with Crippen molar-refractivity contribution in [2.75, 3.05) is 18.4 Å². The Labute approximate surface area is 102 Å². The van der Waals surface area contributed by atoms with E-state index in [1.54, 1.807) is 0 Å². The van der Waals surface area contributed by atoms with Crippen molar-refractivity contribution in [1.29, 1.82) is 0 Å². The van der Waals surface area contributed by atoms with E-state index in [1.807, 2.05) is 30.0 Å². The van der Waals surface area contributed by atoms with Gasteiger partial charge in [-0.1, -0.05) is 18.9 Å². The second-order valence-electron chi connectivity index (χ2n) is 4.50. The van der Waals surface area contributed by atoms with Gasteiger partial charge >= 0.3 is 6.03 Å². The molecule has 0 aromatic carbocycles. The van der Waals surface area contributed by atoms with E-state index in [-0.39, 0.29) is 6.03 Å². The minimum atomic E-state index is -0.0231. The van der Waals surface area contributed by atoms with Crippen LogP contribution in [0.5, 0.6) is 0 Å². The van der Waals surface area contributed by atoms with E-state index >= 15 is 0 Å². The van der Waals surface area contributed by atoms with Crippen molar-refractivity contribution in [3.63, 3.8) is 0 Å². The Morgan fingerprint density at radius 3 is 2.59 bits per heavy atom. The molecule has 0 bridgehead atoms. The van der Waals surface area contributed by atoms with Crippen LogP contribution >= 0.6 is 0 Å². The zero-order valence-electron chi connectivity index (χ0n) is 10.3. The summed E-state index contributed by atoms with van der Waals surface area (Å²) in [6.45, 7) is 3.64. The molecule has 1 N–H and O–H groups in total. The van der Waals surface area contributed by atoms with Crippen molar-refractivity contribution < 1.29 is 4.79 Å². The number of rotatable bonds is 1. The number of nitrogens with zero attached hydrogens (tertiary/aromatic N) is 2. The first-order valence-electron chi connectivity index (χ1n) is 6.25. The molecule has 1 aromatic rings. The van der Waals surface area contributed by atoms with Crippen LogP contribution in [0, 0.1) is 6.92 Å². The second kappa shape index (κ2) is 5.66. The number of urea groups is 1. The molecule has 92 valence electrons. The fourth-order valence-electron chi connectivity index (χ4n) is 2.08. The van der Waals surface area contributed by atoms with Gasteiger partial charge in [0.15, 0.2) is 0 Å². The van der Waals surface area contributed by atoms with E-state index < -0.39 is 0 Å². The van der Waals surface area contributed by atoms with E-state index in [0.717, 1.165) is 31.6 Å². The maximum Gasteiger partial charge on any atom is 0.323 e.